The van der Waals surface area contributed by atoms with E-state index in [9.17, 15) is 4.79 Å². The van der Waals surface area contributed by atoms with Crippen molar-refractivity contribution in [3.8, 4) is 0 Å². The largest absolute Gasteiger partial charge is 0.359 e. The zero-order chi connectivity index (χ0) is 26.2. The van der Waals surface area contributed by atoms with Crippen LogP contribution in [0.4, 0.5) is 0 Å². The fraction of sp³-hybridized carbons (Fsp3) is 0.633. The summed E-state index contributed by atoms with van der Waals surface area (Å²) in [5.41, 5.74) is 1.72. The smallest absolute Gasteiger partial charge is 0.253 e. The van der Waals surface area contributed by atoms with Gasteiger partial charge in [-0.05, 0) is 75.4 Å². The molecule has 6 nitrogen and oxygen atoms in total. The van der Waals surface area contributed by atoms with Crippen LogP contribution in [0.1, 0.15) is 49.9 Å². The summed E-state index contributed by atoms with van der Waals surface area (Å²) >= 11 is 6.27. The number of piperazine rings is 1. The summed E-state index contributed by atoms with van der Waals surface area (Å²) < 4.78 is 6.49. The van der Waals surface area contributed by atoms with Crippen molar-refractivity contribution in [2.24, 2.45) is 17.8 Å². The molecule has 1 aliphatic heterocycles. The predicted molar refractivity (Wildman–Crippen MR) is 152 cm³/mol. The maximum Gasteiger partial charge on any atom is 0.253 e. The quantitative estimate of drug-likeness (QED) is 0.389. The van der Waals surface area contributed by atoms with Crippen LogP contribution < -0.4 is 10.6 Å². The van der Waals surface area contributed by atoms with Gasteiger partial charge in [0.25, 0.3) is 5.91 Å². The molecule has 0 bridgehead atoms. The van der Waals surface area contributed by atoms with Crippen molar-refractivity contribution in [3.05, 3.63) is 58.7 Å². The number of allylic oxidation sites excluding steroid dienone is 1. The Morgan fingerprint density at radius 1 is 1.19 bits per heavy atom. The molecule has 204 valence electrons. The Labute approximate surface area is 228 Å². The van der Waals surface area contributed by atoms with Gasteiger partial charge in [0.05, 0.1) is 17.2 Å². The number of fused-ring (bicyclic) bond motifs is 1. The molecule has 1 heterocycles. The zero-order valence-corrected chi connectivity index (χ0v) is 23.6. The highest BCUT2D eigenvalue weighted by molar-refractivity contribution is 6.33. The van der Waals surface area contributed by atoms with E-state index in [2.05, 4.69) is 59.6 Å². The molecular weight excluding hydrogens is 484 g/mol. The lowest BCUT2D eigenvalue weighted by Gasteiger charge is -2.33. The lowest BCUT2D eigenvalue weighted by Crippen LogP contribution is -2.45. The van der Waals surface area contributed by atoms with Gasteiger partial charge in [-0.2, -0.15) is 0 Å². The highest BCUT2D eigenvalue weighted by Gasteiger charge is 2.37. The first-order valence-corrected chi connectivity index (χ1v) is 14.5. The Hall–Kier alpha value is -1.70. The molecule has 1 saturated carbocycles. The van der Waals surface area contributed by atoms with Crippen molar-refractivity contribution < 1.29 is 9.53 Å². The zero-order valence-electron chi connectivity index (χ0n) is 22.8. The SMILES string of the molecule is CCCNC(OCC(C)CCN1CCN(C)CC1)C1=CC2C(C=C1)CC[C@H]2NC(=O)c1ccccc1Cl. The Kier molecular flexibility index (Phi) is 10.6. The van der Waals surface area contributed by atoms with Crippen LogP contribution in [0.5, 0.6) is 0 Å². The van der Waals surface area contributed by atoms with Crippen molar-refractivity contribution in [3.63, 3.8) is 0 Å². The molecule has 37 heavy (non-hydrogen) atoms. The number of ether oxygens (including phenoxy) is 1. The fourth-order valence-electron chi connectivity index (χ4n) is 5.63. The second-order valence-corrected chi connectivity index (χ2v) is 11.5. The van der Waals surface area contributed by atoms with Gasteiger partial charge < -0.3 is 19.9 Å². The van der Waals surface area contributed by atoms with E-state index in [0.29, 0.717) is 22.4 Å². The van der Waals surface area contributed by atoms with Gasteiger partial charge >= 0.3 is 0 Å². The highest BCUT2D eigenvalue weighted by Crippen LogP contribution is 2.38. The number of carbonyl (C=O) groups excluding carboxylic acids is 1. The standard InChI is InChI=1S/C30H45ClN4O2/c1-4-14-32-30(37-21-22(2)13-15-35-18-16-34(3)17-19-35)24-10-9-23-11-12-28(26(23)20-24)33-29(36)25-7-5-6-8-27(25)31/h5-10,20,22-23,26,28,30,32H,4,11-19,21H2,1-3H3,(H,33,36)/t22?,23?,26?,28-,30?/m1/s1. The minimum absolute atomic E-state index is 0.0909. The number of carbonyl (C=O) groups is 1. The van der Waals surface area contributed by atoms with E-state index in [1.54, 1.807) is 12.1 Å². The average Bonchev–Trinajstić information content (AvgIpc) is 3.30. The van der Waals surface area contributed by atoms with Gasteiger partial charge in [-0.15, -0.1) is 0 Å². The summed E-state index contributed by atoms with van der Waals surface area (Å²) in [6, 6.07) is 7.36. The van der Waals surface area contributed by atoms with Crippen molar-refractivity contribution in [1.82, 2.24) is 20.4 Å². The van der Waals surface area contributed by atoms with E-state index >= 15 is 0 Å². The number of hydrogen-bond acceptors (Lipinski definition) is 5. The van der Waals surface area contributed by atoms with Crippen LogP contribution >= 0.6 is 11.6 Å². The molecular formula is C30H45ClN4O2. The molecule has 1 amide bonds. The topological polar surface area (TPSA) is 56.8 Å². The van der Waals surface area contributed by atoms with Gasteiger partial charge in [-0.25, -0.2) is 0 Å². The van der Waals surface area contributed by atoms with Crippen molar-refractivity contribution in [1.29, 1.82) is 0 Å². The molecule has 5 atom stereocenters. The normalized spacial score (nSPS) is 25.9. The number of benzene rings is 1. The van der Waals surface area contributed by atoms with E-state index in [1.807, 2.05) is 12.1 Å². The maximum absolute atomic E-state index is 12.9. The number of nitrogens with one attached hydrogen (secondary N) is 2. The van der Waals surface area contributed by atoms with Crippen LogP contribution in [-0.4, -0.2) is 80.9 Å². The molecule has 0 aromatic heterocycles. The van der Waals surface area contributed by atoms with Crippen LogP contribution in [0.2, 0.25) is 5.02 Å². The van der Waals surface area contributed by atoms with Crippen molar-refractivity contribution >= 4 is 17.5 Å². The number of likely N-dealkylation sites (N-methyl/N-ethyl adjacent to an activating group) is 1. The first-order chi connectivity index (χ1) is 17.9. The summed E-state index contributed by atoms with van der Waals surface area (Å²) in [7, 11) is 2.20. The molecule has 1 saturated heterocycles. The lowest BCUT2D eigenvalue weighted by atomic mass is 9.86. The Morgan fingerprint density at radius 3 is 2.73 bits per heavy atom. The molecule has 1 aromatic carbocycles. The third kappa shape index (κ3) is 7.90. The number of rotatable bonds is 12. The van der Waals surface area contributed by atoms with Gasteiger partial charge in [0.15, 0.2) is 0 Å². The lowest BCUT2D eigenvalue weighted by molar-refractivity contribution is 0.0304. The molecule has 0 spiro atoms. The van der Waals surface area contributed by atoms with Crippen molar-refractivity contribution in [2.45, 2.75) is 51.8 Å². The van der Waals surface area contributed by atoms with Crippen LogP contribution in [0.25, 0.3) is 0 Å². The molecule has 4 rings (SSSR count). The average molecular weight is 529 g/mol. The Morgan fingerprint density at radius 2 is 1.97 bits per heavy atom. The Bertz CT molecular complexity index is 943. The van der Waals surface area contributed by atoms with Gasteiger partial charge in [0.2, 0.25) is 0 Å². The van der Waals surface area contributed by atoms with Crippen LogP contribution in [0.3, 0.4) is 0 Å². The summed E-state index contributed by atoms with van der Waals surface area (Å²) in [6.45, 7) is 11.9. The summed E-state index contributed by atoms with van der Waals surface area (Å²) in [4.78, 5) is 17.9. The number of amides is 1. The molecule has 2 aliphatic carbocycles. The minimum Gasteiger partial charge on any atom is -0.359 e. The third-order valence-electron chi connectivity index (χ3n) is 8.09. The van der Waals surface area contributed by atoms with Crippen LogP contribution in [0, 0.1) is 17.8 Å². The van der Waals surface area contributed by atoms with Gasteiger partial charge in [-0.3, -0.25) is 10.1 Å². The Balaban J connectivity index is 1.34. The summed E-state index contributed by atoms with van der Waals surface area (Å²) in [5.74, 6) is 1.14. The molecule has 3 aliphatic rings. The van der Waals surface area contributed by atoms with E-state index in [1.165, 1.54) is 18.7 Å². The van der Waals surface area contributed by atoms with Gasteiger partial charge in [0, 0.05) is 38.1 Å². The van der Waals surface area contributed by atoms with Gasteiger partial charge in [-0.1, -0.05) is 55.8 Å². The molecule has 4 unspecified atom stereocenters. The maximum atomic E-state index is 12.9. The molecule has 2 fully saturated rings. The van der Waals surface area contributed by atoms with E-state index in [4.69, 9.17) is 16.3 Å². The van der Waals surface area contributed by atoms with Crippen molar-refractivity contribution in [2.75, 3.05) is 52.9 Å². The van der Waals surface area contributed by atoms with Crippen LogP contribution in [0.15, 0.2) is 48.1 Å². The number of halogens is 1. The summed E-state index contributed by atoms with van der Waals surface area (Å²) in [5, 5.41) is 7.37. The van der Waals surface area contributed by atoms with Gasteiger partial charge in [0.1, 0.15) is 6.23 Å². The monoisotopic (exact) mass is 528 g/mol. The molecule has 7 heteroatoms. The molecule has 2 N–H and O–H groups in total. The van der Waals surface area contributed by atoms with Crippen LogP contribution in [-0.2, 0) is 4.74 Å². The number of nitrogens with zero attached hydrogens (tertiary/aromatic N) is 2. The summed E-state index contributed by atoms with van der Waals surface area (Å²) in [6.07, 6.45) is 11.0. The second kappa shape index (κ2) is 13.9. The first-order valence-electron chi connectivity index (χ1n) is 14.2. The molecule has 1 aromatic rings. The number of hydrogen-bond donors (Lipinski definition) is 2. The van der Waals surface area contributed by atoms with E-state index in [0.717, 1.165) is 58.5 Å². The van der Waals surface area contributed by atoms with E-state index in [-0.39, 0.29) is 24.1 Å². The minimum atomic E-state index is -0.122. The first kappa shape index (κ1) is 28.3. The fourth-order valence-corrected chi connectivity index (χ4v) is 5.85. The predicted octanol–water partition coefficient (Wildman–Crippen LogP) is 4.58. The van der Waals surface area contributed by atoms with E-state index < -0.39 is 0 Å². The third-order valence-corrected chi connectivity index (χ3v) is 8.42. The highest BCUT2D eigenvalue weighted by atomic mass is 35.5. The second-order valence-electron chi connectivity index (χ2n) is 11.1. The molecule has 0 radical (unpaired) electrons.